The van der Waals surface area contributed by atoms with Crippen LogP contribution >= 0.6 is 11.8 Å². The molecule has 33 heavy (non-hydrogen) atoms. The number of phenols is 2. The van der Waals surface area contributed by atoms with Gasteiger partial charge in [0.1, 0.15) is 11.5 Å². The van der Waals surface area contributed by atoms with Crippen LogP contribution in [0, 0.1) is 0 Å². The molecular formula is C30H46O2S. The van der Waals surface area contributed by atoms with Crippen LogP contribution in [-0.4, -0.2) is 20.7 Å². The summed E-state index contributed by atoms with van der Waals surface area (Å²) in [6, 6.07) is 15.6. The van der Waals surface area contributed by atoms with Gasteiger partial charge >= 0.3 is 0 Å². The van der Waals surface area contributed by atoms with Crippen molar-refractivity contribution >= 4 is 11.8 Å². The van der Waals surface area contributed by atoms with E-state index in [0.29, 0.717) is 22.0 Å². The molecule has 2 aromatic rings. The van der Waals surface area contributed by atoms with Crippen LogP contribution in [0.5, 0.6) is 11.5 Å². The van der Waals surface area contributed by atoms with Gasteiger partial charge in [-0.3, -0.25) is 0 Å². The molecule has 2 unspecified atom stereocenters. The van der Waals surface area contributed by atoms with Crippen LogP contribution in [-0.2, 0) is 12.8 Å². The third-order valence-corrected chi connectivity index (χ3v) is 8.02. The third kappa shape index (κ3) is 12.4. The van der Waals surface area contributed by atoms with Crippen molar-refractivity contribution in [1.82, 2.24) is 0 Å². The van der Waals surface area contributed by atoms with Crippen LogP contribution in [0.2, 0.25) is 0 Å². The molecular weight excluding hydrogens is 424 g/mol. The molecule has 3 heteroatoms. The van der Waals surface area contributed by atoms with E-state index in [9.17, 15) is 10.2 Å². The minimum Gasteiger partial charge on any atom is -0.508 e. The molecule has 0 bridgehead atoms. The number of aromatic hydroxyl groups is 2. The highest BCUT2D eigenvalue weighted by atomic mass is 32.2. The molecule has 2 aromatic carbocycles. The molecule has 0 aliphatic carbocycles. The first-order chi connectivity index (χ1) is 16.1. The molecule has 0 spiro atoms. The highest BCUT2D eigenvalue weighted by molar-refractivity contribution is 8.00. The SMILES string of the molecule is CCCCCCCC(Cc1ccc(O)cc1)SC(CCCCCCC)Cc1ccc(O)cc1. The fourth-order valence-corrected chi connectivity index (χ4v) is 6.18. The minimum atomic E-state index is 0.347. The molecule has 0 heterocycles. The topological polar surface area (TPSA) is 40.5 Å². The van der Waals surface area contributed by atoms with E-state index < -0.39 is 0 Å². The number of rotatable bonds is 18. The van der Waals surface area contributed by atoms with Crippen molar-refractivity contribution in [2.75, 3.05) is 0 Å². The van der Waals surface area contributed by atoms with Crippen LogP contribution in [0.4, 0.5) is 0 Å². The molecule has 0 aliphatic heterocycles. The van der Waals surface area contributed by atoms with E-state index in [4.69, 9.17) is 0 Å². The van der Waals surface area contributed by atoms with Crippen LogP contribution in [0.3, 0.4) is 0 Å². The number of hydrogen-bond donors (Lipinski definition) is 2. The quantitative estimate of drug-likeness (QED) is 0.213. The normalized spacial score (nSPS) is 13.2. The zero-order valence-electron chi connectivity index (χ0n) is 21.0. The Bertz CT molecular complexity index is 662. The number of phenolic OH excluding ortho intramolecular Hbond substituents is 2. The van der Waals surface area contributed by atoms with Crippen molar-refractivity contribution in [2.45, 2.75) is 114 Å². The Morgan fingerprint density at radius 2 is 0.909 bits per heavy atom. The standard InChI is InChI=1S/C30H46O2S/c1-3-5-7-9-11-13-29(23-25-15-19-27(31)20-16-25)33-30(14-12-10-8-6-4-2)24-26-17-21-28(32)22-18-26/h15-22,29-32H,3-14,23-24H2,1-2H3. The van der Waals surface area contributed by atoms with Crippen LogP contribution in [0.1, 0.15) is 102 Å². The van der Waals surface area contributed by atoms with Crippen LogP contribution < -0.4 is 0 Å². The molecule has 0 saturated heterocycles. The zero-order chi connectivity index (χ0) is 23.7. The lowest BCUT2D eigenvalue weighted by atomic mass is 10.0. The molecule has 2 N–H and O–H groups in total. The van der Waals surface area contributed by atoms with Gasteiger partial charge in [0.2, 0.25) is 0 Å². The fourth-order valence-electron chi connectivity index (χ4n) is 4.45. The Morgan fingerprint density at radius 3 is 1.27 bits per heavy atom. The average molecular weight is 471 g/mol. The predicted molar refractivity (Wildman–Crippen MR) is 146 cm³/mol. The monoisotopic (exact) mass is 470 g/mol. The van der Waals surface area contributed by atoms with E-state index in [1.54, 1.807) is 0 Å². The van der Waals surface area contributed by atoms with Gasteiger partial charge in [0.15, 0.2) is 0 Å². The molecule has 0 amide bonds. The summed E-state index contributed by atoms with van der Waals surface area (Å²) in [6.07, 6.45) is 17.9. The Balaban J connectivity index is 2.02. The highest BCUT2D eigenvalue weighted by Crippen LogP contribution is 2.32. The van der Waals surface area contributed by atoms with Gasteiger partial charge in [0.05, 0.1) is 0 Å². The number of hydrogen-bond acceptors (Lipinski definition) is 3. The molecule has 2 atom stereocenters. The molecule has 0 aliphatic rings. The van der Waals surface area contributed by atoms with E-state index in [0.717, 1.165) is 12.8 Å². The van der Waals surface area contributed by atoms with Crippen LogP contribution in [0.15, 0.2) is 48.5 Å². The van der Waals surface area contributed by atoms with Crippen molar-refractivity contribution in [3.8, 4) is 11.5 Å². The summed E-state index contributed by atoms with van der Waals surface area (Å²) < 4.78 is 0. The van der Waals surface area contributed by atoms with Gasteiger partial charge in [0, 0.05) is 10.5 Å². The van der Waals surface area contributed by atoms with E-state index in [2.05, 4.69) is 49.9 Å². The summed E-state index contributed by atoms with van der Waals surface area (Å²) in [6.45, 7) is 4.55. The van der Waals surface area contributed by atoms with Crippen molar-refractivity contribution in [1.29, 1.82) is 0 Å². The Hall–Kier alpha value is -1.61. The third-order valence-electron chi connectivity index (χ3n) is 6.44. The van der Waals surface area contributed by atoms with Gasteiger partial charge in [-0.2, -0.15) is 11.8 Å². The van der Waals surface area contributed by atoms with Gasteiger partial charge in [-0.1, -0.05) is 102 Å². The summed E-state index contributed by atoms with van der Waals surface area (Å²) in [5.74, 6) is 0.694. The van der Waals surface area contributed by atoms with Crippen LogP contribution in [0.25, 0.3) is 0 Å². The summed E-state index contributed by atoms with van der Waals surface area (Å²) in [4.78, 5) is 0. The Kier molecular flexibility index (Phi) is 14.2. The second-order valence-corrected chi connectivity index (χ2v) is 11.1. The maximum absolute atomic E-state index is 9.68. The van der Waals surface area contributed by atoms with Gasteiger partial charge in [-0.25, -0.2) is 0 Å². The van der Waals surface area contributed by atoms with Crippen molar-refractivity contribution in [3.63, 3.8) is 0 Å². The number of unbranched alkanes of at least 4 members (excludes halogenated alkanes) is 8. The number of thioether (sulfide) groups is 1. The molecule has 184 valence electrons. The summed E-state index contributed by atoms with van der Waals surface area (Å²) >= 11 is 2.19. The lowest BCUT2D eigenvalue weighted by Gasteiger charge is -2.24. The fraction of sp³-hybridized carbons (Fsp3) is 0.600. The van der Waals surface area contributed by atoms with Gasteiger partial charge in [-0.15, -0.1) is 0 Å². The molecule has 0 radical (unpaired) electrons. The minimum absolute atomic E-state index is 0.347. The zero-order valence-corrected chi connectivity index (χ0v) is 21.8. The second kappa shape index (κ2) is 16.9. The van der Waals surface area contributed by atoms with E-state index in [1.165, 1.54) is 88.2 Å². The number of benzene rings is 2. The first kappa shape index (κ1) is 27.6. The Morgan fingerprint density at radius 1 is 0.545 bits per heavy atom. The molecule has 0 saturated carbocycles. The van der Waals surface area contributed by atoms with E-state index in [1.807, 2.05) is 24.3 Å². The summed E-state index contributed by atoms with van der Waals surface area (Å²) in [5, 5.41) is 20.6. The van der Waals surface area contributed by atoms with Gasteiger partial charge in [-0.05, 0) is 61.1 Å². The van der Waals surface area contributed by atoms with Crippen molar-refractivity contribution < 1.29 is 10.2 Å². The smallest absolute Gasteiger partial charge is 0.115 e. The maximum atomic E-state index is 9.68. The van der Waals surface area contributed by atoms with Crippen molar-refractivity contribution in [2.24, 2.45) is 0 Å². The summed E-state index contributed by atoms with van der Waals surface area (Å²) in [7, 11) is 0. The Labute approximate surface area is 207 Å². The second-order valence-electron chi connectivity index (χ2n) is 9.53. The first-order valence-corrected chi connectivity index (χ1v) is 14.3. The molecule has 2 rings (SSSR count). The molecule has 2 nitrogen and oxygen atoms in total. The van der Waals surface area contributed by atoms with E-state index >= 15 is 0 Å². The van der Waals surface area contributed by atoms with Gasteiger partial charge < -0.3 is 10.2 Å². The first-order valence-electron chi connectivity index (χ1n) is 13.3. The largest absolute Gasteiger partial charge is 0.508 e. The molecule has 0 aromatic heterocycles. The predicted octanol–water partition coefficient (Wildman–Crippen LogP) is 9.07. The average Bonchev–Trinajstić information content (AvgIpc) is 2.81. The van der Waals surface area contributed by atoms with Crippen molar-refractivity contribution in [3.05, 3.63) is 59.7 Å². The molecule has 0 fully saturated rings. The van der Waals surface area contributed by atoms with Gasteiger partial charge in [0.25, 0.3) is 0 Å². The summed E-state index contributed by atoms with van der Waals surface area (Å²) in [5.41, 5.74) is 2.65. The lowest BCUT2D eigenvalue weighted by molar-refractivity contribution is 0.474. The van der Waals surface area contributed by atoms with E-state index in [-0.39, 0.29) is 0 Å². The lowest BCUT2D eigenvalue weighted by Crippen LogP contribution is -2.16. The maximum Gasteiger partial charge on any atom is 0.115 e. The highest BCUT2D eigenvalue weighted by Gasteiger charge is 2.18.